The van der Waals surface area contributed by atoms with Crippen molar-refractivity contribution in [2.75, 3.05) is 0 Å². The van der Waals surface area contributed by atoms with E-state index in [1.807, 2.05) is 13.0 Å². The fraction of sp³-hybridized carbons (Fsp3) is 0.250. The first-order chi connectivity index (χ1) is 7.22. The first kappa shape index (κ1) is 9.21. The second-order valence-corrected chi connectivity index (χ2v) is 2.94. The van der Waals surface area contributed by atoms with Crippen molar-refractivity contribution in [2.24, 2.45) is 0 Å². The number of hydrogen-bond donors (Lipinski definition) is 1. The molecule has 0 aliphatic heterocycles. The lowest BCUT2D eigenvalue weighted by molar-refractivity contribution is 0.881. The van der Waals surface area contributed by atoms with E-state index < -0.39 is 0 Å². The number of aryl methyl sites for hydroxylation is 2. The fourth-order valence-corrected chi connectivity index (χ4v) is 1.10. The number of nitrogens with one attached hydrogen (secondary N) is 1. The lowest BCUT2D eigenvalue weighted by Crippen LogP contribution is -2.00. The summed E-state index contributed by atoms with van der Waals surface area (Å²) in [5, 5.41) is 22.1. The predicted molar refractivity (Wildman–Crippen MR) is 49.4 cm³/mol. The van der Waals surface area contributed by atoms with E-state index >= 15 is 0 Å². The molecule has 0 amide bonds. The van der Waals surface area contributed by atoms with E-state index in [1.165, 1.54) is 0 Å². The van der Waals surface area contributed by atoms with Crippen molar-refractivity contribution in [1.82, 2.24) is 30.6 Å². The molecule has 7 heteroatoms. The maximum absolute atomic E-state index is 8.89. The summed E-state index contributed by atoms with van der Waals surface area (Å²) in [6.45, 7) is 3.61. The molecule has 0 aromatic carbocycles. The molecule has 0 unspecified atom stereocenters. The van der Waals surface area contributed by atoms with Gasteiger partial charge in [0.1, 0.15) is 11.8 Å². The number of tetrazole rings is 1. The fourth-order valence-electron chi connectivity index (χ4n) is 1.10. The Labute approximate surface area is 85.2 Å². The summed E-state index contributed by atoms with van der Waals surface area (Å²) in [5.74, 6) is 0.280. The number of hydrogen-bond acceptors (Lipinski definition) is 6. The maximum Gasteiger partial charge on any atom is 0.225 e. The number of aromatic nitrogens is 6. The van der Waals surface area contributed by atoms with Crippen LogP contribution in [0.3, 0.4) is 0 Å². The third-order valence-electron chi connectivity index (χ3n) is 1.97. The molecule has 0 saturated heterocycles. The Kier molecular flexibility index (Phi) is 2.10. The molecule has 0 atom stereocenters. The van der Waals surface area contributed by atoms with E-state index in [0.717, 1.165) is 11.4 Å². The quantitative estimate of drug-likeness (QED) is 0.703. The molecule has 0 saturated carbocycles. The molecule has 7 nitrogen and oxygen atoms in total. The van der Waals surface area contributed by atoms with E-state index in [2.05, 4.69) is 30.6 Å². The predicted octanol–water partition coefficient (Wildman–Crippen LogP) is 0.145. The van der Waals surface area contributed by atoms with E-state index in [9.17, 15) is 0 Å². The van der Waals surface area contributed by atoms with Gasteiger partial charge in [0.15, 0.2) is 5.69 Å². The number of H-pyrrole nitrogens is 1. The van der Waals surface area contributed by atoms with Crippen molar-refractivity contribution in [3.63, 3.8) is 0 Å². The first-order valence-corrected chi connectivity index (χ1v) is 4.21. The van der Waals surface area contributed by atoms with Crippen LogP contribution in [-0.2, 0) is 0 Å². The van der Waals surface area contributed by atoms with Gasteiger partial charge in [0, 0.05) is 0 Å². The van der Waals surface area contributed by atoms with Crippen LogP contribution >= 0.6 is 0 Å². The third-order valence-corrected chi connectivity index (χ3v) is 1.97. The van der Waals surface area contributed by atoms with Gasteiger partial charge in [-0.2, -0.15) is 10.5 Å². The van der Waals surface area contributed by atoms with Gasteiger partial charge in [-0.25, -0.2) is 9.97 Å². The first-order valence-electron chi connectivity index (χ1n) is 4.21. The normalized spacial score (nSPS) is 9.93. The van der Waals surface area contributed by atoms with E-state index in [1.54, 1.807) is 6.92 Å². The Hall–Kier alpha value is -2.36. The summed E-state index contributed by atoms with van der Waals surface area (Å²) in [5.41, 5.74) is 2.03. The Morgan fingerprint density at radius 2 is 1.93 bits per heavy atom. The van der Waals surface area contributed by atoms with Crippen LogP contribution in [0.5, 0.6) is 0 Å². The zero-order valence-electron chi connectivity index (χ0n) is 8.18. The summed E-state index contributed by atoms with van der Waals surface area (Å²) in [7, 11) is 0. The molecule has 1 N–H and O–H groups in total. The molecule has 0 fully saturated rings. The average Bonchev–Trinajstić information content (AvgIpc) is 2.74. The SMILES string of the molecule is Cc1nc(C#N)c(-c2nn[nH]n2)nc1C. The molecule has 2 aromatic heterocycles. The minimum Gasteiger partial charge on any atom is -0.245 e. The van der Waals surface area contributed by atoms with Crippen LogP contribution in [0.4, 0.5) is 0 Å². The van der Waals surface area contributed by atoms with Crippen LogP contribution in [0.2, 0.25) is 0 Å². The lowest BCUT2D eigenvalue weighted by Gasteiger charge is -2.01. The summed E-state index contributed by atoms with van der Waals surface area (Å²) in [6, 6.07) is 1.96. The summed E-state index contributed by atoms with van der Waals surface area (Å²) < 4.78 is 0. The molecule has 74 valence electrons. The molecule has 0 spiro atoms. The highest BCUT2D eigenvalue weighted by Crippen LogP contribution is 2.15. The van der Waals surface area contributed by atoms with Crippen LogP contribution in [-0.4, -0.2) is 30.6 Å². The van der Waals surface area contributed by atoms with Crippen molar-refractivity contribution >= 4 is 0 Å². The molecule has 2 rings (SSSR count). The maximum atomic E-state index is 8.89. The van der Waals surface area contributed by atoms with Crippen LogP contribution in [0, 0.1) is 25.2 Å². The van der Waals surface area contributed by atoms with Crippen molar-refractivity contribution in [3.8, 4) is 17.6 Å². The highest BCUT2D eigenvalue weighted by Gasteiger charge is 2.14. The average molecular weight is 201 g/mol. The summed E-state index contributed by atoms with van der Waals surface area (Å²) in [6.07, 6.45) is 0. The minimum absolute atomic E-state index is 0.208. The van der Waals surface area contributed by atoms with Crippen LogP contribution in [0.25, 0.3) is 11.5 Å². The molecule has 0 aliphatic carbocycles. The van der Waals surface area contributed by atoms with E-state index in [4.69, 9.17) is 5.26 Å². The Bertz CT molecular complexity index is 523. The van der Waals surface area contributed by atoms with Gasteiger partial charge in [-0.3, -0.25) is 0 Å². The standard InChI is InChI=1S/C8H7N7/c1-4-5(2)11-7(6(3-9)10-4)8-12-14-15-13-8/h1-2H3,(H,12,13,14,15). The summed E-state index contributed by atoms with van der Waals surface area (Å²) in [4.78, 5) is 8.32. The molecule has 2 aromatic rings. The Balaban J connectivity index is 2.67. The van der Waals surface area contributed by atoms with Crippen molar-refractivity contribution < 1.29 is 0 Å². The van der Waals surface area contributed by atoms with Gasteiger partial charge in [0.2, 0.25) is 5.82 Å². The van der Waals surface area contributed by atoms with E-state index in [-0.39, 0.29) is 11.5 Å². The Morgan fingerprint density at radius 3 is 2.53 bits per heavy atom. The second-order valence-electron chi connectivity index (χ2n) is 2.94. The zero-order chi connectivity index (χ0) is 10.8. The second kappa shape index (κ2) is 3.42. The van der Waals surface area contributed by atoms with Crippen LogP contribution < -0.4 is 0 Å². The van der Waals surface area contributed by atoms with Gasteiger partial charge in [-0.05, 0) is 19.1 Å². The number of aromatic amines is 1. The molecular weight excluding hydrogens is 194 g/mol. The van der Waals surface area contributed by atoms with Gasteiger partial charge in [-0.15, -0.1) is 10.2 Å². The van der Waals surface area contributed by atoms with Gasteiger partial charge in [0.05, 0.1) is 11.4 Å². The molecule has 15 heavy (non-hydrogen) atoms. The highest BCUT2D eigenvalue weighted by atomic mass is 15.5. The molecule has 0 radical (unpaired) electrons. The zero-order valence-corrected chi connectivity index (χ0v) is 8.18. The molecule has 0 aliphatic rings. The van der Waals surface area contributed by atoms with Gasteiger partial charge in [-0.1, -0.05) is 0 Å². The van der Waals surface area contributed by atoms with Gasteiger partial charge >= 0.3 is 0 Å². The van der Waals surface area contributed by atoms with Gasteiger partial charge in [0.25, 0.3) is 0 Å². The lowest BCUT2D eigenvalue weighted by atomic mass is 10.2. The van der Waals surface area contributed by atoms with Crippen LogP contribution in [0.15, 0.2) is 0 Å². The number of rotatable bonds is 1. The topological polar surface area (TPSA) is 104 Å². The molecule has 0 bridgehead atoms. The number of nitrogens with zero attached hydrogens (tertiary/aromatic N) is 6. The highest BCUT2D eigenvalue weighted by molar-refractivity contribution is 5.56. The molecular formula is C8H7N7. The minimum atomic E-state index is 0.208. The third kappa shape index (κ3) is 1.52. The smallest absolute Gasteiger partial charge is 0.225 e. The number of nitriles is 1. The largest absolute Gasteiger partial charge is 0.245 e. The van der Waals surface area contributed by atoms with Crippen molar-refractivity contribution in [1.29, 1.82) is 5.26 Å². The van der Waals surface area contributed by atoms with E-state index in [0.29, 0.717) is 5.69 Å². The van der Waals surface area contributed by atoms with Crippen molar-refractivity contribution in [2.45, 2.75) is 13.8 Å². The summed E-state index contributed by atoms with van der Waals surface area (Å²) >= 11 is 0. The van der Waals surface area contributed by atoms with Gasteiger partial charge < -0.3 is 0 Å². The Morgan fingerprint density at radius 1 is 1.20 bits per heavy atom. The molecule has 2 heterocycles. The van der Waals surface area contributed by atoms with Crippen molar-refractivity contribution in [3.05, 3.63) is 17.1 Å². The van der Waals surface area contributed by atoms with Crippen LogP contribution in [0.1, 0.15) is 17.1 Å². The monoisotopic (exact) mass is 201 g/mol.